The van der Waals surface area contributed by atoms with Crippen molar-refractivity contribution in [2.45, 2.75) is 6.42 Å². The Hall–Kier alpha value is -1.65. The molecule has 0 saturated carbocycles. The minimum absolute atomic E-state index is 0. The van der Waals surface area contributed by atoms with Gasteiger partial charge in [0.15, 0.2) is 5.82 Å². The second-order valence-electron chi connectivity index (χ2n) is 6.25. The zero-order chi connectivity index (χ0) is 19.1. The van der Waals surface area contributed by atoms with Crippen LogP contribution < -0.4 is 8.61 Å². The molecule has 0 radical (unpaired) electrons. The van der Waals surface area contributed by atoms with E-state index in [9.17, 15) is 22.3 Å². The molecule has 0 bridgehead atoms. The first-order chi connectivity index (χ1) is 12.2. The van der Waals surface area contributed by atoms with Crippen LogP contribution in [0.3, 0.4) is 0 Å². The van der Waals surface area contributed by atoms with Crippen LogP contribution in [0.4, 0.5) is 30.2 Å². The van der Waals surface area contributed by atoms with Crippen LogP contribution in [0.5, 0.6) is 0 Å². The zero-order valence-electron chi connectivity index (χ0n) is 14.8. The summed E-state index contributed by atoms with van der Waals surface area (Å²) in [5.41, 5.74) is -0.108. The molecule has 2 aromatic rings. The van der Waals surface area contributed by atoms with Crippen LogP contribution in [-0.2, 0) is 0 Å². The van der Waals surface area contributed by atoms with Crippen molar-refractivity contribution in [3.63, 3.8) is 0 Å². The summed E-state index contributed by atoms with van der Waals surface area (Å²) in [5, 5.41) is 0. The first-order valence-electron chi connectivity index (χ1n) is 7.98. The molecule has 150 valence electrons. The van der Waals surface area contributed by atoms with E-state index in [1.165, 1.54) is 18.2 Å². The van der Waals surface area contributed by atoms with Crippen molar-refractivity contribution in [1.29, 1.82) is 0 Å². The van der Waals surface area contributed by atoms with E-state index < -0.39 is 28.4 Å². The molecule has 0 aromatic heterocycles. The van der Waals surface area contributed by atoms with E-state index in [2.05, 4.69) is 0 Å². The van der Waals surface area contributed by atoms with Crippen molar-refractivity contribution in [1.82, 2.24) is 4.90 Å². The van der Waals surface area contributed by atoms with Crippen LogP contribution in [0, 0.1) is 17.5 Å². The van der Waals surface area contributed by atoms with Gasteiger partial charge in [0.05, 0.1) is 5.69 Å². The van der Waals surface area contributed by atoms with Crippen molar-refractivity contribution in [3.8, 4) is 0 Å². The number of hydrogen-bond donors (Lipinski definition) is 2. The van der Waals surface area contributed by atoms with Crippen LogP contribution in [0.1, 0.15) is 6.42 Å². The molecule has 0 unspecified atom stereocenters. The van der Waals surface area contributed by atoms with Gasteiger partial charge in [-0.15, -0.1) is 12.4 Å². The number of halogens is 4. The van der Waals surface area contributed by atoms with Crippen LogP contribution in [-0.4, -0.2) is 41.2 Å². The average Bonchev–Trinajstić information content (AvgIpc) is 2.76. The molecule has 1 heterocycles. The van der Waals surface area contributed by atoms with Gasteiger partial charge in [0, 0.05) is 12.6 Å². The molecule has 0 spiro atoms. The maximum atomic E-state index is 14.5. The fraction of sp³-hybridized carbons (Fsp3) is 0.294. The zero-order valence-corrected chi connectivity index (χ0v) is 16.4. The Morgan fingerprint density at radius 3 is 2.33 bits per heavy atom. The molecule has 2 aromatic carbocycles. The molecule has 10 heteroatoms. The van der Waals surface area contributed by atoms with E-state index in [4.69, 9.17) is 0 Å². The lowest BCUT2D eigenvalue weighted by molar-refractivity contribution is 0.401. The average molecular weight is 424 g/mol. The standard InChI is InChI=1S/C17H20F3N3O2S.ClH/c1-21(2)9-4-10-22-17-13(19)5-3-6-16(17)23(26(22,24)25)15-8-7-12(18)11-14(15)20;/h3,5-8,11,24-25H,4,9-10H2,1-2H3;1H. The van der Waals surface area contributed by atoms with Gasteiger partial charge >= 0.3 is 0 Å². The Morgan fingerprint density at radius 1 is 1.00 bits per heavy atom. The monoisotopic (exact) mass is 423 g/mol. The summed E-state index contributed by atoms with van der Waals surface area (Å²) < 4.78 is 65.8. The van der Waals surface area contributed by atoms with Gasteiger partial charge in [0.25, 0.3) is 0 Å². The van der Waals surface area contributed by atoms with Crippen LogP contribution in [0.15, 0.2) is 36.4 Å². The fourth-order valence-electron chi connectivity index (χ4n) is 2.94. The Labute approximate surface area is 164 Å². The van der Waals surface area contributed by atoms with Gasteiger partial charge in [-0.1, -0.05) is 6.07 Å². The van der Waals surface area contributed by atoms with Gasteiger partial charge in [-0.3, -0.25) is 9.11 Å². The molecule has 0 saturated heterocycles. The second-order valence-corrected chi connectivity index (χ2v) is 8.03. The third-order valence-electron chi connectivity index (χ3n) is 4.07. The van der Waals surface area contributed by atoms with E-state index in [0.29, 0.717) is 19.0 Å². The SMILES string of the molecule is CN(C)CCCN1c2c(F)cccc2N(c2ccc(F)cc2F)S1(O)O.Cl. The Bertz CT molecular complexity index is 826. The number of para-hydroxylation sites is 1. The Morgan fingerprint density at radius 2 is 1.70 bits per heavy atom. The minimum atomic E-state index is -3.75. The molecule has 1 aliphatic heterocycles. The highest BCUT2D eigenvalue weighted by Gasteiger charge is 2.44. The summed E-state index contributed by atoms with van der Waals surface area (Å²) in [6.07, 6.45) is 0.538. The van der Waals surface area contributed by atoms with Gasteiger partial charge in [-0.05, 0) is 62.3 Å². The van der Waals surface area contributed by atoms with Crippen LogP contribution >= 0.6 is 23.4 Å². The molecule has 5 nitrogen and oxygen atoms in total. The summed E-state index contributed by atoms with van der Waals surface area (Å²) in [6, 6.07) is 6.86. The maximum absolute atomic E-state index is 14.5. The van der Waals surface area contributed by atoms with E-state index in [1.807, 2.05) is 19.0 Å². The van der Waals surface area contributed by atoms with Crippen molar-refractivity contribution >= 4 is 40.4 Å². The summed E-state index contributed by atoms with van der Waals surface area (Å²) in [7, 11) is -0.00667. The first kappa shape index (κ1) is 21.6. The first-order valence-corrected chi connectivity index (χ1v) is 9.44. The number of nitrogens with zero attached hydrogens (tertiary/aromatic N) is 3. The largest absolute Gasteiger partial charge is 0.309 e. The number of anilines is 3. The predicted octanol–water partition coefficient (Wildman–Crippen LogP) is 5.02. The number of rotatable bonds is 5. The van der Waals surface area contributed by atoms with E-state index in [0.717, 1.165) is 20.7 Å². The molecule has 1 aliphatic rings. The summed E-state index contributed by atoms with van der Waals surface area (Å²) in [6.45, 7) is 0.814. The number of benzene rings is 2. The summed E-state index contributed by atoms with van der Waals surface area (Å²) >= 11 is 0. The smallest absolute Gasteiger partial charge is 0.151 e. The van der Waals surface area contributed by atoms with Crippen LogP contribution in [0.25, 0.3) is 0 Å². The topological polar surface area (TPSA) is 50.2 Å². The number of hydrogen-bond acceptors (Lipinski definition) is 5. The van der Waals surface area contributed by atoms with Crippen molar-refractivity contribution in [2.75, 3.05) is 35.8 Å². The lowest BCUT2D eigenvalue weighted by atomic mass is 10.2. The van der Waals surface area contributed by atoms with Gasteiger partial charge < -0.3 is 4.90 Å². The second kappa shape index (κ2) is 8.15. The molecular weight excluding hydrogens is 403 g/mol. The predicted molar refractivity (Wildman–Crippen MR) is 106 cm³/mol. The lowest BCUT2D eigenvalue weighted by Crippen LogP contribution is -2.33. The quantitative estimate of drug-likeness (QED) is 0.707. The van der Waals surface area contributed by atoms with Crippen molar-refractivity contribution in [2.24, 2.45) is 0 Å². The molecule has 2 N–H and O–H groups in total. The third kappa shape index (κ3) is 3.97. The molecule has 3 rings (SSSR count). The van der Waals surface area contributed by atoms with Crippen LogP contribution in [0.2, 0.25) is 0 Å². The molecule has 0 atom stereocenters. The molecule has 27 heavy (non-hydrogen) atoms. The van der Waals surface area contributed by atoms with Gasteiger partial charge in [-0.2, -0.15) is 0 Å². The minimum Gasteiger partial charge on any atom is -0.309 e. The highest BCUT2D eigenvalue weighted by molar-refractivity contribution is 8.27. The van der Waals surface area contributed by atoms with Gasteiger partial charge in [0.1, 0.15) is 23.0 Å². The van der Waals surface area contributed by atoms with E-state index >= 15 is 0 Å². The van der Waals surface area contributed by atoms with Gasteiger partial charge in [0.2, 0.25) is 0 Å². The van der Waals surface area contributed by atoms with Gasteiger partial charge in [-0.25, -0.2) is 21.8 Å². The molecule has 0 aliphatic carbocycles. The lowest BCUT2D eigenvalue weighted by Gasteiger charge is -2.43. The maximum Gasteiger partial charge on any atom is 0.151 e. The van der Waals surface area contributed by atoms with E-state index in [1.54, 1.807) is 0 Å². The number of fused-ring (bicyclic) bond motifs is 1. The Kier molecular flexibility index (Phi) is 6.54. The highest BCUT2D eigenvalue weighted by atomic mass is 35.5. The van der Waals surface area contributed by atoms with Crippen molar-refractivity contribution < 1.29 is 22.3 Å². The highest BCUT2D eigenvalue weighted by Crippen LogP contribution is 2.64. The fourth-order valence-corrected chi connectivity index (χ4v) is 4.76. The third-order valence-corrected chi connectivity index (χ3v) is 5.91. The van der Waals surface area contributed by atoms with E-state index in [-0.39, 0.29) is 36.0 Å². The summed E-state index contributed by atoms with van der Waals surface area (Å²) in [5.74, 6) is -2.39. The summed E-state index contributed by atoms with van der Waals surface area (Å²) in [4.78, 5) is 1.92. The molecule has 0 amide bonds. The molecular formula is C17H21ClF3N3O2S. The molecule has 0 fully saturated rings. The van der Waals surface area contributed by atoms with Crippen molar-refractivity contribution in [3.05, 3.63) is 53.8 Å². The normalized spacial score (nSPS) is 16.3. The Balaban J connectivity index is 0.00000261.